The number of nitro groups is 1. The van der Waals surface area contributed by atoms with E-state index in [4.69, 9.17) is 11.6 Å². The summed E-state index contributed by atoms with van der Waals surface area (Å²) in [5.74, 6) is 0.884. The number of rotatable bonds is 8. The van der Waals surface area contributed by atoms with Crippen molar-refractivity contribution in [3.05, 3.63) is 98.8 Å². The second-order valence-electron chi connectivity index (χ2n) is 9.35. The van der Waals surface area contributed by atoms with Crippen molar-refractivity contribution < 1.29 is 14.5 Å². The minimum atomic E-state index is -0.503. The van der Waals surface area contributed by atoms with E-state index in [0.717, 1.165) is 42.1 Å². The lowest BCUT2D eigenvalue weighted by Gasteiger charge is -2.19. The highest BCUT2D eigenvalue weighted by molar-refractivity contribution is 6.36. The second-order valence-corrected chi connectivity index (χ2v) is 9.76. The van der Waals surface area contributed by atoms with Crippen LogP contribution in [-0.2, 0) is 4.79 Å². The van der Waals surface area contributed by atoms with Gasteiger partial charge in [0.1, 0.15) is 5.82 Å². The normalized spacial score (nSPS) is 17.1. The fraction of sp³-hybridized carbons (Fsp3) is 0.250. The van der Waals surface area contributed by atoms with Crippen LogP contribution < -0.4 is 5.32 Å². The Morgan fingerprint density at radius 3 is 2.68 bits per heavy atom. The van der Waals surface area contributed by atoms with E-state index in [9.17, 15) is 19.7 Å². The average Bonchev–Trinajstić information content (AvgIpc) is 3.53. The van der Waals surface area contributed by atoms with Gasteiger partial charge in [-0.05, 0) is 73.1 Å². The van der Waals surface area contributed by atoms with E-state index < -0.39 is 4.92 Å². The topological polar surface area (TPSA) is 118 Å². The third-order valence-corrected chi connectivity index (χ3v) is 7.43. The largest absolute Gasteiger partial charge is 0.361 e. The first-order chi connectivity index (χ1) is 17.9. The molecule has 37 heavy (non-hydrogen) atoms. The highest BCUT2D eigenvalue weighted by Crippen LogP contribution is 2.45. The summed E-state index contributed by atoms with van der Waals surface area (Å²) in [6.07, 6.45) is 8.01. The Balaban J connectivity index is 1.32. The molecule has 188 valence electrons. The smallest absolute Gasteiger partial charge is 0.269 e. The molecule has 8 nitrogen and oxygen atoms in total. The van der Waals surface area contributed by atoms with E-state index in [1.807, 2.05) is 18.3 Å². The SMILES string of the molecule is O=C(CCC1CCCC1c1c[nH]c2cc(C(=O)c3ccc([N+](=O)[O-])cc3)c(Cl)cc12)Nc1ccccn1. The number of hydrogen-bond acceptors (Lipinski definition) is 5. The van der Waals surface area contributed by atoms with Crippen LogP contribution in [-0.4, -0.2) is 26.6 Å². The predicted octanol–water partition coefficient (Wildman–Crippen LogP) is 6.66. The Hall–Kier alpha value is -4.04. The third-order valence-electron chi connectivity index (χ3n) is 7.12. The lowest BCUT2D eigenvalue weighted by atomic mass is 9.85. The fourth-order valence-electron chi connectivity index (χ4n) is 5.29. The van der Waals surface area contributed by atoms with Gasteiger partial charge in [0.05, 0.1) is 9.95 Å². The predicted molar refractivity (Wildman–Crippen MR) is 142 cm³/mol. The number of pyridine rings is 1. The van der Waals surface area contributed by atoms with Gasteiger partial charge < -0.3 is 10.3 Å². The van der Waals surface area contributed by atoms with E-state index in [2.05, 4.69) is 15.3 Å². The zero-order valence-electron chi connectivity index (χ0n) is 19.9. The Morgan fingerprint density at radius 2 is 1.95 bits per heavy atom. The number of hydrogen-bond donors (Lipinski definition) is 2. The Kier molecular flexibility index (Phi) is 7.01. The molecule has 0 bridgehead atoms. The number of aromatic amines is 1. The van der Waals surface area contributed by atoms with Gasteiger partial charge in [-0.15, -0.1) is 0 Å². The summed E-state index contributed by atoms with van der Waals surface area (Å²) in [6.45, 7) is 0. The van der Waals surface area contributed by atoms with Crippen LogP contribution in [0.15, 0.2) is 67.0 Å². The maximum Gasteiger partial charge on any atom is 0.269 e. The standard InChI is InChI=1S/C28H25ClN4O4/c29-24-14-21-23(20-5-3-4-17(20)9-12-27(34)32-26-6-1-2-13-30-26)16-31-25(21)15-22(24)28(35)18-7-10-19(11-8-18)33(36)37/h1-2,6-8,10-11,13-17,20,31H,3-5,9,12H2,(H,30,32,34). The molecule has 9 heteroatoms. The van der Waals surface area contributed by atoms with Gasteiger partial charge in [0.2, 0.25) is 5.91 Å². The van der Waals surface area contributed by atoms with Crippen molar-refractivity contribution >= 4 is 45.7 Å². The number of carbonyl (C=O) groups excluding carboxylic acids is 2. The number of fused-ring (bicyclic) bond motifs is 1. The molecule has 0 radical (unpaired) electrons. The van der Waals surface area contributed by atoms with Crippen molar-refractivity contribution in [2.75, 3.05) is 5.32 Å². The van der Waals surface area contributed by atoms with Crippen LogP contribution in [0.3, 0.4) is 0 Å². The summed E-state index contributed by atoms with van der Waals surface area (Å²) >= 11 is 6.58. The minimum absolute atomic E-state index is 0.0410. The number of non-ortho nitro benzene ring substituents is 1. The first-order valence-electron chi connectivity index (χ1n) is 12.2. The van der Waals surface area contributed by atoms with Crippen LogP contribution in [0.5, 0.6) is 0 Å². The number of amides is 1. The number of H-pyrrole nitrogens is 1. The Labute approximate surface area is 218 Å². The van der Waals surface area contributed by atoms with Gasteiger partial charge in [0.15, 0.2) is 5.78 Å². The lowest BCUT2D eigenvalue weighted by Crippen LogP contribution is -2.15. The van der Waals surface area contributed by atoms with Gasteiger partial charge in [0, 0.05) is 53.0 Å². The van der Waals surface area contributed by atoms with Crippen LogP contribution in [0.25, 0.3) is 10.9 Å². The quantitative estimate of drug-likeness (QED) is 0.154. The van der Waals surface area contributed by atoms with Crippen LogP contribution in [0, 0.1) is 16.0 Å². The first kappa shape index (κ1) is 24.6. The number of nitrogens with one attached hydrogen (secondary N) is 2. The van der Waals surface area contributed by atoms with E-state index >= 15 is 0 Å². The van der Waals surface area contributed by atoms with E-state index in [1.165, 1.54) is 24.3 Å². The van der Waals surface area contributed by atoms with Gasteiger partial charge in [-0.25, -0.2) is 4.98 Å². The molecule has 2 aromatic heterocycles. The fourth-order valence-corrected chi connectivity index (χ4v) is 5.54. The molecular formula is C28H25ClN4O4. The molecule has 2 atom stereocenters. The van der Waals surface area contributed by atoms with Gasteiger partial charge in [-0.3, -0.25) is 19.7 Å². The molecule has 5 rings (SSSR count). The Morgan fingerprint density at radius 1 is 1.14 bits per heavy atom. The third kappa shape index (κ3) is 5.24. The summed E-state index contributed by atoms with van der Waals surface area (Å²) in [6, 6.07) is 14.5. The minimum Gasteiger partial charge on any atom is -0.361 e. The van der Waals surface area contributed by atoms with Gasteiger partial charge >= 0.3 is 0 Å². The Bertz CT molecular complexity index is 1470. The first-order valence-corrected chi connectivity index (χ1v) is 12.6. The van der Waals surface area contributed by atoms with Crippen molar-refractivity contribution in [1.29, 1.82) is 0 Å². The average molecular weight is 517 g/mol. The van der Waals surface area contributed by atoms with Crippen LogP contribution in [0.1, 0.15) is 59.5 Å². The maximum absolute atomic E-state index is 13.1. The van der Waals surface area contributed by atoms with Gasteiger partial charge in [0.25, 0.3) is 5.69 Å². The van der Waals surface area contributed by atoms with Crippen molar-refractivity contribution in [3.8, 4) is 0 Å². The summed E-state index contributed by atoms with van der Waals surface area (Å²) in [5, 5.41) is 15.1. The van der Waals surface area contributed by atoms with Crippen LogP contribution in [0.2, 0.25) is 5.02 Å². The molecule has 2 N–H and O–H groups in total. The summed E-state index contributed by atoms with van der Waals surface area (Å²) in [7, 11) is 0. The number of benzene rings is 2. The van der Waals surface area contributed by atoms with Crippen molar-refractivity contribution in [3.63, 3.8) is 0 Å². The van der Waals surface area contributed by atoms with Gasteiger partial charge in [-0.1, -0.05) is 24.1 Å². The summed E-state index contributed by atoms with van der Waals surface area (Å²) in [4.78, 5) is 43.4. The maximum atomic E-state index is 13.1. The number of ketones is 1. The molecular weight excluding hydrogens is 492 g/mol. The number of aromatic nitrogens is 2. The molecule has 1 amide bonds. The monoisotopic (exact) mass is 516 g/mol. The number of carbonyl (C=O) groups is 2. The molecule has 1 aliphatic carbocycles. The molecule has 2 aromatic carbocycles. The number of nitrogens with zero attached hydrogens (tertiary/aromatic N) is 2. The van der Waals surface area contributed by atoms with Crippen molar-refractivity contribution in [2.45, 2.75) is 38.0 Å². The van der Waals surface area contributed by atoms with E-state index in [1.54, 1.807) is 24.4 Å². The number of nitro benzene ring substituents is 1. The molecule has 0 spiro atoms. The summed E-state index contributed by atoms with van der Waals surface area (Å²) < 4.78 is 0. The highest BCUT2D eigenvalue weighted by Gasteiger charge is 2.31. The zero-order chi connectivity index (χ0) is 25.9. The van der Waals surface area contributed by atoms with Crippen LogP contribution >= 0.6 is 11.6 Å². The van der Waals surface area contributed by atoms with Crippen molar-refractivity contribution in [1.82, 2.24) is 9.97 Å². The van der Waals surface area contributed by atoms with E-state index in [0.29, 0.717) is 40.2 Å². The zero-order valence-corrected chi connectivity index (χ0v) is 20.7. The molecule has 0 saturated heterocycles. The molecule has 2 heterocycles. The number of anilines is 1. The molecule has 1 saturated carbocycles. The lowest BCUT2D eigenvalue weighted by molar-refractivity contribution is -0.384. The van der Waals surface area contributed by atoms with Crippen LogP contribution in [0.4, 0.5) is 11.5 Å². The van der Waals surface area contributed by atoms with Crippen molar-refractivity contribution in [2.24, 2.45) is 5.92 Å². The highest BCUT2D eigenvalue weighted by atomic mass is 35.5. The second kappa shape index (κ2) is 10.5. The molecule has 4 aromatic rings. The molecule has 1 fully saturated rings. The van der Waals surface area contributed by atoms with Gasteiger partial charge in [-0.2, -0.15) is 0 Å². The number of halogens is 1. The molecule has 1 aliphatic rings. The molecule has 0 aliphatic heterocycles. The van der Waals surface area contributed by atoms with E-state index in [-0.39, 0.29) is 17.4 Å². The molecule has 2 unspecified atom stereocenters. The summed E-state index contributed by atoms with van der Waals surface area (Å²) in [5.41, 5.74) is 2.55.